The molecule has 0 spiro atoms. The Bertz CT molecular complexity index is 628. The van der Waals surface area contributed by atoms with Crippen molar-refractivity contribution >= 4 is 11.6 Å². The molecule has 1 amide bonds. The molecule has 0 heterocycles. The van der Waals surface area contributed by atoms with Gasteiger partial charge in [-0.3, -0.25) is 4.79 Å². The van der Waals surface area contributed by atoms with Crippen LogP contribution in [0, 0.1) is 12.7 Å². The highest BCUT2D eigenvalue weighted by Crippen LogP contribution is 2.16. The number of carbonyl (C=O) groups is 1. The van der Waals surface area contributed by atoms with Gasteiger partial charge in [0, 0.05) is 11.7 Å². The van der Waals surface area contributed by atoms with E-state index in [2.05, 4.69) is 10.6 Å². The quantitative estimate of drug-likeness (QED) is 0.884. The van der Waals surface area contributed by atoms with E-state index in [1.165, 1.54) is 17.7 Å². The Kier molecular flexibility index (Phi) is 5.06. The lowest BCUT2D eigenvalue weighted by Crippen LogP contribution is -2.30. The molecule has 2 N–H and O–H groups in total. The summed E-state index contributed by atoms with van der Waals surface area (Å²) in [6, 6.07) is 14.0. The zero-order chi connectivity index (χ0) is 15.2. The van der Waals surface area contributed by atoms with E-state index in [0.717, 1.165) is 5.56 Å². The molecule has 1 unspecified atom stereocenters. The van der Waals surface area contributed by atoms with Crippen molar-refractivity contribution in [2.75, 3.05) is 11.9 Å². The molecular formula is C17H19FN2O. The number of nitrogens with one attached hydrogen (secondary N) is 2. The van der Waals surface area contributed by atoms with E-state index in [0.29, 0.717) is 5.69 Å². The predicted octanol–water partition coefficient (Wildman–Crippen LogP) is 3.42. The van der Waals surface area contributed by atoms with Gasteiger partial charge in [0.15, 0.2) is 0 Å². The average molecular weight is 286 g/mol. The largest absolute Gasteiger partial charge is 0.325 e. The molecule has 0 aromatic heterocycles. The molecule has 2 rings (SSSR count). The highest BCUT2D eigenvalue weighted by molar-refractivity contribution is 5.92. The number of rotatable bonds is 5. The van der Waals surface area contributed by atoms with Crippen molar-refractivity contribution in [1.29, 1.82) is 0 Å². The summed E-state index contributed by atoms with van der Waals surface area (Å²) in [5.41, 5.74) is 2.81. The summed E-state index contributed by atoms with van der Waals surface area (Å²) in [6.07, 6.45) is 0. The number of benzene rings is 2. The lowest BCUT2D eigenvalue weighted by Gasteiger charge is -2.16. The normalized spacial score (nSPS) is 12.0. The summed E-state index contributed by atoms with van der Waals surface area (Å²) in [5, 5.41) is 5.83. The number of hydrogen-bond acceptors (Lipinski definition) is 2. The third kappa shape index (κ3) is 4.39. The van der Waals surface area contributed by atoms with Gasteiger partial charge in [-0.15, -0.1) is 0 Å². The van der Waals surface area contributed by atoms with Crippen molar-refractivity contribution in [3.8, 4) is 0 Å². The maximum atomic E-state index is 13.0. The topological polar surface area (TPSA) is 41.1 Å². The molecule has 21 heavy (non-hydrogen) atoms. The van der Waals surface area contributed by atoms with Crippen molar-refractivity contribution in [1.82, 2.24) is 5.32 Å². The van der Waals surface area contributed by atoms with E-state index in [9.17, 15) is 9.18 Å². The van der Waals surface area contributed by atoms with E-state index in [1.54, 1.807) is 12.1 Å². The first-order chi connectivity index (χ1) is 10.1. The Morgan fingerprint density at radius 2 is 1.95 bits per heavy atom. The Morgan fingerprint density at radius 3 is 2.67 bits per heavy atom. The summed E-state index contributed by atoms with van der Waals surface area (Å²) >= 11 is 0. The maximum Gasteiger partial charge on any atom is 0.238 e. The van der Waals surface area contributed by atoms with Gasteiger partial charge in [-0.05, 0) is 43.2 Å². The lowest BCUT2D eigenvalue weighted by molar-refractivity contribution is -0.115. The van der Waals surface area contributed by atoms with Crippen LogP contribution >= 0.6 is 0 Å². The van der Waals surface area contributed by atoms with Gasteiger partial charge in [-0.2, -0.15) is 0 Å². The number of amides is 1. The fourth-order valence-electron chi connectivity index (χ4n) is 2.20. The monoisotopic (exact) mass is 286 g/mol. The summed E-state index contributed by atoms with van der Waals surface area (Å²) in [5.74, 6) is -0.560. The second-order valence-corrected chi connectivity index (χ2v) is 5.02. The van der Waals surface area contributed by atoms with E-state index in [4.69, 9.17) is 0 Å². The highest BCUT2D eigenvalue weighted by atomic mass is 19.1. The minimum Gasteiger partial charge on any atom is -0.325 e. The van der Waals surface area contributed by atoms with E-state index < -0.39 is 0 Å². The number of carbonyl (C=O) groups excluding carboxylic acids is 1. The molecular weight excluding hydrogens is 267 g/mol. The SMILES string of the molecule is Cc1ccccc1C(C)NCC(=O)Nc1cccc(F)c1. The van der Waals surface area contributed by atoms with E-state index in [-0.39, 0.29) is 24.3 Å². The van der Waals surface area contributed by atoms with Gasteiger partial charge in [-0.1, -0.05) is 30.3 Å². The van der Waals surface area contributed by atoms with Crippen molar-refractivity contribution < 1.29 is 9.18 Å². The van der Waals surface area contributed by atoms with Crippen LogP contribution in [0.5, 0.6) is 0 Å². The van der Waals surface area contributed by atoms with Crippen LogP contribution in [-0.4, -0.2) is 12.5 Å². The number of anilines is 1. The van der Waals surface area contributed by atoms with Gasteiger partial charge in [-0.25, -0.2) is 4.39 Å². The molecule has 0 radical (unpaired) electrons. The first-order valence-electron chi connectivity index (χ1n) is 6.90. The van der Waals surface area contributed by atoms with Crippen LogP contribution in [0.1, 0.15) is 24.1 Å². The summed E-state index contributed by atoms with van der Waals surface area (Å²) in [7, 11) is 0. The second-order valence-electron chi connectivity index (χ2n) is 5.02. The Labute approximate surface area is 124 Å². The molecule has 2 aromatic carbocycles. The summed E-state index contributed by atoms with van der Waals surface area (Å²) in [6.45, 7) is 4.23. The highest BCUT2D eigenvalue weighted by Gasteiger charge is 2.09. The Morgan fingerprint density at radius 1 is 1.19 bits per heavy atom. The molecule has 4 heteroatoms. The first-order valence-corrected chi connectivity index (χ1v) is 6.90. The molecule has 0 bridgehead atoms. The standard InChI is InChI=1S/C17H19FN2O/c1-12-6-3-4-9-16(12)13(2)19-11-17(21)20-15-8-5-7-14(18)10-15/h3-10,13,19H,11H2,1-2H3,(H,20,21). The van der Waals surface area contributed by atoms with Crippen LogP contribution in [0.15, 0.2) is 48.5 Å². The third-order valence-electron chi connectivity index (χ3n) is 3.33. The lowest BCUT2D eigenvalue weighted by atomic mass is 10.0. The third-order valence-corrected chi connectivity index (χ3v) is 3.33. The molecule has 0 saturated carbocycles. The van der Waals surface area contributed by atoms with Crippen LogP contribution in [-0.2, 0) is 4.79 Å². The Hall–Kier alpha value is -2.20. The number of aryl methyl sites for hydroxylation is 1. The molecule has 3 nitrogen and oxygen atoms in total. The van der Waals surface area contributed by atoms with E-state index in [1.807, 2.05) is 38.1 Å². The number of hydrogen-bond donors (Lipinski definition) is 2. The van der Waals surface area contributed by atoms with Gasteiger partial charge in [0.05, 0.1) is 6.54 Å². The summed E-state index contributed by atoms with van der Waals surface area (Å²) in [4.78, 5) is 11.8. The molecule has 0 aliphatic rings. The van der Waals surface area contributed by atoms with Crippen LogP contribution in [0.3, 0.4) is 0 Å². The summed E-state index contributed by atoms with van der Waals surface area (Å²) < 4.78 is 13.0. The molecule has 0 aliphatic heterocycles. The maximum absolute atomic E-state index is 13.0. The number of halogens is 1. The smallest absolute Gasteiger partial charge is 0.238 e. The van der Waals surface area contributed by atoms with Gasteiger partial charge >= 0.3 is 0 Å². The minimum atomic E-state index is -0.367. The van der Waals surface area contributed by atoms with Crippen LogP contribution in [0.25, 0.3) is 0 Å². The molecule has 1 atom stereocenters. The second kappa shape index (κ2) is 6.99. The van der Waals surface area contributed by atoms with Gasteiger partial charge in [0.2, 0.25) is 5.91 Å². The fraction of sp³-hybridized carbons (Fsp3) is 0.235. The van der Waals surface area contributed by atoms with Crippen LogP contribution < -0.4 is 10.6 Å². The van der Waals surface area contributed by atoms with Crippen molar-refractivity contribution in [2.45, 2.75) is 19.9 Å². The molecule has 0 aliphatic carbocycles. The van der Waals surface area contributed by atoms with Gasteiger partial charge in [0.25, 0.3) is 0 Å². The molecule has 0 saturated heterocycles. The average Bonchev–Trinajstić information content (AvgIpc) is 2.45. The molecule has 2 aromatic rings. The van der Waals surface area contributed by atoms with Crippen LogP contribution in [0.4, 0.5) is 10.1 Å². The predicted molar refractivity (Wildman–Crippen MR) is 82.6 cm³/mol. The van der Waals surface area contributed by atoms with Gasteiger partial charge in [0.1, 0.15) is 5.82 Å². The van der Waals surface area contributed by atoms with Crippen molar-refractivity contribution in [2.24, 2.45) is 0 Å². The van der Waals surface area contributed by atoms with Gasteiger partial charge < -0.3 is 10.6 Å². The van der Waals surface area contributed by atoms with Crippen molar-refractivity contribution in [3.63, 3.8) is 0 Å². The van der Waals surface area contributed by atoms with Crippen molar-refractivity contribution in [3.05, 3.63) is 65.5 Å². The fourth-order valence-corrected chi connectivity index (χ4v) is 2.20. The molecule has 110 valence electrons. The minimum absolute atomic E-state index is 0.0736. The molecule has 0 fully saturated rings. The zero-order valence-electron chi connectivity index (χ0n) is 12.2. The first kappa shape index (κ1) is 15.2. The van der Waals surface area contributed by atoms with Crippen LogP contribution in [0.2, 0.25) is 0 Å². The zero-order valence-corrected chi connectivity index (χ0v) is 12.2. The Balaban J connectivity index is 1.88. The van der Waals surface area contributed by atoms with E-state index >= 15 is 0 Å².